The van der Waals surface area contributed by atoms with Crippen molar-refractivity contribution in [2.75, 3.05) is 13.1 Å². The molecule has 1 aromatic rings. The lowest BCUT2D eigenvalue weighted by Gasteiger charge is -2.48. The summed E-state index contributed by atoms with van der Waals surface area (Å²) < 4.78 is 0. The summed E-state index contributed by atoms with van der Waals surface area (Å²) in [4.78, 5) is 2.74. The van der Waals surface area contributed by atoms with Gasteiger partial charge in [-0.2, -0.15) is 0 Å². The summed E-state index contributed by atoms with van der Waals surface area (Å²) >= 11 is 0. The van der Waals surface area contributed by atoms with E-state index in [-0.39, 0.29) is 12.4 Å². The van der Waals surface area contributed by atoms with Crippen molar-refractivity contribution in [3.8, 4) is 0 Å². The lowest BCUT2D eigenvalue weighted by atomic mass is 9.69. The highest BCUT2D eigenvalue weighted by atomic mass is 35.5. The van der Waals surface area contributed by atoms with E-state index in [0.717, 1.165) is 17.9 Å². The maximum Gasteiger partial charge on any atom is 0.0129 e. The summed E-state index contributed by atoms with van der Waals surface area (Å²) in [7, 11) is 0. The first-order chi connectivity index (χ1) is 8.90. The highest BCUT2D eigenvalue weighted by Crippen LogP contribution is 2.43. The molecule has 2 heteroatoms. The largest absolute Gasteiger partial charge is 0.300 e. The van der Waals surface area contributed by atoms with E-state index in [1.807, 2.05) is 0 Å². The van der Waals surface area contributed by atoms with E-state index in [9.17, 15) is 0 Å². The topological polar surface area (TPSA) is 3.24 Å². The molecule has 3 rings (SSSR count). The fourth-order valence-corrected chi connectivity index (χ4v) is 4.25. The molecule has 0 radical (unpaired) electrons. The van der Waals surface area contributed by atoms with E-state index in [1.165, 1.54) is 45.2 Å². The van der Waals surface area contributed by atoms with Gasteiger partial charge in [0.1, 0.15) is 0 Å². The van der Waals surface area contributed by atoms with Gasteiger partial charge in [0.05, 0.1) is 0 Å². The minimum atomic E-state index is 0. The van der Waals surface area contributed by atoms with Gasteiger partial charge in [-0.15, -0.1) is 12.4 Å². The second kappa shape index (κ2) is 6.76. The molecule has 19 heavy (non-hydrogen) atoms. The normalized spacial score (nSPS) is 31.3. The number of piperidine rings is 1. The average molecular weight is 280 g/mol. The number of nitrogens with zero attached hydrogens (tertiary/aromatic N) is 1. The number of halogens is 1. The summed E-state index contributed by atoms with van der Waals surface area (Å²) in [6.07, 6.45) is 7.13. The Bertz CT molecular complexity index is 378. The monoisotopic (exact) mass is 279 g/mol. The van der Waals surface area contributed by atoms with Crippen LogP contribution < -0.4 is 0 Å². The molecule has 0 bridgehead atoms. The van der Waals surface area contributed by atoms with Crippen LogP contribution in [0.1, 0.15) is 50.5 Å². The lowest BCUT2D eigenvalue weighted by molar-refractivity contribution is 0.0491. The third-order valence-electron chi connectivity index (χ3n) is 5.13. The molecule has 0 spiro atoms. The molecule has 3 unspecified atom stereocenters. The Hall–Kier alpha value is -0.530. The predicted octanol–water partition coefficient (Wildman–Crippen LogP) is 4.48. The van der Waals surface area contributed by atoms with Gasteiger partial charge in [-0.1, -0.05) is 50.1 Å². The Morgan fingerprint density at radius 3 is 2.53 bits per heavy atom. The van der Waals surface area contributed by atoms with Crippen molar-refractivity contribution in [1.29, 1.82) is 0 Å². The summed E-state index contributed by atoms with van der Waals surface area (Å²) in [5, 5.41) is 0. The number of fused-ring (bicyclic) bond motifs is 1. The van der Waals surface area contributed by atoms with Crippen LogP contribution >= 0.6 is 12.4 Å². The summed E-state index contributed by atoms with van der Waals surface area (Å²) in [5.41, 5.74) is 1.59. The molecule has 3 atom stereocenters. The van der Waals surface area contributed by atoms with Gasteiger partial charge >= 0.3 is 0 Å². The second-order valence-corrected chi connectivity index (χ2v) is 5.95. The third-order valence-corrected chi connectivity index (χ3v) is 5.13. The molecule has 1 saturated carbocycles. The highest BCUT2D eigenvalue weighted by Gasteiger charge is 2.38. The van der Waals surface area contributed by atoms with Crippen LogP contribution in [0, 0.1) is 5.92 Å². The van der Waals surface area contributed by atoms with Crippen molar-refractivity contribution in [1.82, 2.24) is 4.90 Å². The zero-order chi connectivity index (χ0) is 12.4. The standard InChI is InChI=1S/C17H25N.ClH/c1-2-18-13-12-15(14-8-4-3-5-9-14)16-10-6-7-11-17(16)18;/h3-5,8-9,15-17H,2,6-7,10-13H2,1H3;1H. The van der Waals surface area contributed by atoms with Crippen LogP contribution in [-0.4, -0.2) is 24.0 Å². The summed E-state index contributed by atoms with van der Waals surface area (Å²) in [6, 6.07) is 12.1. The van der Waals surface area contributed by atoms with Gasteiger partial charge in [-0.05, 0) is 49.8 Å². The minimum absolute atomic E-state index is 0. The lowest BCUT2D eigenvalue weighted by Crippen LogP contribution is -2.49. The maximum atomic E-state index is 2.74. The number of hydrogen-bond donors (Lipinski definition) is 0. The van der Waals surface area contributed by atoms with Crippen molar-refractivity contribution in [2.24, 2.45) is 5.92 Å². The Morgan fingerprint density at radius 2 is 1.79 bits per heavy atom. The van der Waals surface area contributed by atoms with Crippen LogP contribution in [0.4, 0.5) is 0 Å². The van der Waals surface area contributed by atoms with Gasteiger partial charge < -0.3 is 4.90 Å². The van der Waals surface area contributed by atoms with Crippen molar-refractivity contribution >= 4 is 12.4 Å². The van der Waals surface area contributed by atoms with Crippen LogP contribution in [-0.2, 0) is 0 Å². The Kier molecular flexibility index (Phi) is 5.29. The molecule has 1 aliphatic heterocycles. The van der Waals surface area contributed by atoms with E-state index >= 15 is 0 Å². The van der Waals surface area contributed by atoms with Crippen molar-refractivity contribution < 1.29 is 0 Å². The SMILES string of the molecule is CCN1CCC(c2ccccc2)C2CCCCC21.Cl. The molecule has 0 amide bonds. The average Bonchev–Trinajstić information content (AvgIpc) is 2.47. The molecule has 2 aliphatic rings. The number of rotatable bonds is 2. The van der Waals surface area contributed by atoms with E-state index in [1.54, 1.807) is 5.56 Å². The Balaban J connectivity index is 0.00000133. The highest BCUT2D eigenvalue weighted by molar-refractivity contribution is 5.85. The molecule has 1 aliphatic carbocycles. The molecule has 2 fully saturated rings. The molecule has 0 aromatic heterocycles. The van der Waals surface area contributed by atoms with E-state index in [2.05, 4.69) is 42.2 Å². The van der Waals surface area contributed by atoms with E-state index in [0.29, 0.717) is 0 Å². The Morgan fingerprint density at radius 1 is 1.05 bits per heavy atom. The zero-order valence-corrected chi connectivity index (χ0v) is 12.7. The van der Waals surface area contributed by atoms with Crippen LogP contribution in [0.3, 0.4) is 0 Å². The molecule has 1 saturated heterocycles. The number of hydrogen-bond acceptors (Lipinski definition) is 1. The molecular weight excluding hydrogens is 254 g/mol. The molecule has 0 N–H and O–H groups in total. The van der Waals surface area contributed by atoms with Gasteiger partial charge in [0, 0.05) is 6.04 Å². The van der Waals surface area contributed by atoms with Gasteiger partial charge in [0.15, 0.2) is 0 Å². The van der Waals surface area contributed by atoms with Gasteiger partial charge in [0.2, 0.25) is 0 Å². The van der Waals surface area contributed by atoms with Crippen molar-refractivity contribution in [3.63, 3.8) is 0 Å². The number of benzene rings is 1. The van der Waals surface area contributed by atoms with Gasteiger partial charge in [-0.25, -0.2) is 0 Å². The predicted molar refractivity (Wildman–Crippen MR) is 84.0 cm³/mol. The van der Waals surface area contributed by atoms with Crippen LogP contribution in [0.15, 0.2) is 30.3 Å². The summed E-state index contributed by atoms with van der Waals surface area (Å²) in [5.74, 6) is 1.73. The van der Waals surface area contributed by atoms with Crippen molar-refractivity contribution in [2.45, 2.75) is 51.0 Å². The van der Waals surface area contributed by atoms with Gasteiger partial charge in [-0.3, -0.25) is 0 Å². The van der Waals surface area contributed by atoms with E-state index in [4.69, 9.17) is 0 Å². The van der Waals surface area contributed by atoms with Crippen LogP contribution in [0.2, 0.25) is 0 Å². The van der Waals surface area contributed by atoms with Crippen LogP contribution in [0.25, 0.3) is 0 Å². The first-order valence-electron chi connectivity index (χ1n) is 7.69. The van der Waals surface area contributed by atoms with Crippen LogP contribution in [0.5, 0.6) is 0 Å². The number of likely N-dealkylation sites (tertiary alicyclic amines) is 1. The Labute approximate surface area is 123 Å². The molecule has 1 heterocycles. The quantitative estimate of drug-likeness (QED) is 0.772. The third kappa shape index (κ3) is 2.98. The minimum Gasteiger partial charge on any atom is -0.300 e. The first-order valence-corrected chi connectivity index (χ1v) is 7.69. The summed E-state index contributed by atoms with van der Waals surface area (Å²) in [6.45, 7) is 4.87. The first kappa shape index (κ1) is 14.9. The molecule has 1 nitrogen and oxygen atoms in total. The smallest absolute Gasteiger partial charge is 0.0129 e. The fourth-order valence-electron chi connectivity index (χ4n) is 4.25. The maximum absolute atomic E-state index is 2.74. The second-order valence-electron chi connectivity index (χ2n) is 5.95. The van der Waals surface area contributed by atoms with Gasteiger partial charge in [0.25, 0.3) is 0 Å². The molecule has 106 valence electrons. The van der Waals surface area contributed by atoms with E-state index < -0.39 is 0 Å². The molecular formula is C17H26ClN. The van der Waals surface area contributed by atoms with Crippen molar-refractivity contribution in [3.05, 3.63) is 35.9 Å². The zero-order valence-electron chi connectivity index (χ0n) is 11.9. The fraction of sp³-hybridized carbons (Fsp3) is 0.647. The molecule has 1 aromatic carbocycles.